The van der Waals surface area contributed by atoms with Gasteiger partial charge in [0.05, 0.1) is 12.5 Å². The molecule has 28 heavy (non-hydrogen) atoms. The van der Waals surface area contributed by atoms with Crippen LogP contribution in [0.2, 0.25) is 0 Å². The van der Waals surface area contributed by atoms with Gasteiger partial charge in [0.2, 0.25) is 5.88 Å². The molecular formula is C26H29NO. The number of nitrogens with zero attached hydrogens (tertiary/aromatic N) is 1. The molecule has 1 heterocycles. The number of rotatable bonds is 1. The Morgan fingerprint density at radius 2 is 1.14 bits per heavy atom. The van der Waals surface area contributed by atoms with Gasteiger partial charge >= 0.3 is 0 Å². The summed E-state index contributed by atoms with van der Waals surface area (Å²) in [7, 11) is 1.70. The number of pyridine rings is 1. The quantitative estimate of drug-likeness (QED) is 0.332. The third-order valence-corrected chi connectivity index (χ3v) is 5.73. The van der Waals surface area contributed by atoms with E-state index in [1.165, 1.54) is 38.1 Å². The average molecular weight is 372 g/mol. The van der Waals surface area contributed by atoms with E-state index < -0.39 is 0 Å². The molecule has 4 aromatic rings. The second-order valence-electron chi connectivity index (χ2n) is 9.76. The zero-order valence-electron chi connectivity index (χ0n) is 18.0. The molecule has 0 bridgehead atoms. The molecule has 0 amide bonds. The summed E-state index contributed by atoms with van der Waals surface area (Å²) in [6, 6.07) is 15.8. The van der Waals surface area contributed by atoms with Crippen LogP contribution < -0.4 is 4.74 Å². The van der Waals surface area contributed by atoms with Gasteiger partial charge in [0.1, 0.15) is 0 Å². The van der Waals surface area contributed by atoms with E-state index in [0.29, 0.717) is 5.88 Å². The van der Waals surface area contributed by atoms with Crippen LogP contribution in [0.25, 0.3) is 32.3 Å². The van der Waals surface area contributed by atoms with Gasteiger partial charge in [-0.05, 0) is 67.1 Å². The van der Waals surface area contributed by atoms with E-state index in [2.05, 4.69) is 89.0 Å². The average Bonchev–Trinajstić information content (AvgIpc) is 2.65. The van der Waals surface area contributed by atoms with Crippen molar-refractivity contribution in [1.29, 1.82) is 0 Å². The van der Waals surface area contributed by atoms with Crippen LogP contribution in [-0.4, -0.2) is 12.1 Å². The van der Waals surface area contributed by atoms with Crippen molar-refractivity contribution in [3.05, 3.63) is 59.8 Å². The van der Waals surface area contributed by atoms with Crippen molar-refractivity contribution in [3.8, 4) is 5.88 Å². The van der Waals surface area contributed by atoms with E-state index in [1.54, 1.807) is 7.11 Å². The molecule has 0 aliphatic carbocycles. The van der Waals surface area contributed by atoms with Gasteiger partial charge in [0.15, 0.2) is 0 Å². The molecule has 0 saturated carbocycles. The zero-order chi connectivity index (χ0) is 20.3. The Morgan fingerprint density at radius 3 is 1.68 bits per heavy atom. The lowest BCUT2D eigenvalue weighted by Gasteiger charge is -2.23. The number of benzene rings is 3. The van der Waals surface area contributed by atoms with Crippen LogP contribution in [0, 0.1) is 0 Å². The van der Waals surface area contributed by atoms with Crippen LogP contribution >= 0.6 is 0 Å². The standard InChI is InChI=1S/C26H29NO/c1-25(2,3)16-8-10-18-20-12-13-27-24(28-7)23(20)19-11-9-17(26(4,5)6)15-22(19)21(18)14-16/h8-15H,1-7H3. The highest BCUT2D eigenvalue weighted by Gasteiger charge is 2.20. The highest BCUT2D eigenvalue weighted by Crippen LogP contribution is 2.41. The van der Waals surface area contributed by atoms with Gasteiger partial charge in [0.25, 0.3) is 0 Å². The van der Waals surface area contributed by atoms with Crippen LogP contribution in [0.4, 0.5) is 0 Å². The van der Waals surface area contributed by atoms with E-state index in [0.717, 1.165) is 5.39 Å². The Kier molecular flexibility index (Phi) is 4.15. The van der Waals surface area contributed by atoms with Crippen LogP contribution in [-0.2, 0) is 10.8 Å². The maximum absolute atomic E-state index is 5.65. The molecule has 0 fully saturated rings. The van der Waals surface area contributed by atoms with Gasteiger partial charge in [-0.3, -0.25) is 0 Å². The molecule has 0 N–H and O–H groups in total. The molecule has 144 valence electrons. The minimum Gasteiger partial charge on any atom is -0.481 e. The van der Waals surface area contributed by atoms with Gasteiger partial charge in [-0.1, -0.05) is 65.8 Å². The van der Waals surface area contributed by atoms with Crippen molar-refractivity contribution in [3.63, 3.8) is 0 Å². The number of hydrogen-bond donors (Lipinski definition) is 0. The second-order valence-corrected chi connectivity index (χ2v) is 9.76. The fourth-order valence-electron chi connectivity index (χ4n) is 4.00. The van der Waals surface area contributed by atoms with Crippen LogP contribution in [0.3, 0.4) is 0 Å². The molecule has 1 aromatic heterocycles. The van der Waals surface area contributed by atoms with Gasteiger partial charge in [0, 0.05) is 6.20 Å². The first kappa shape index (κ1) is 18.7. The third-order valence-electron chi connectivity index (χ3n) is 5.73. The number of hydrogen-bond acceptors (Lipinski definition) is 2. The van der Waals surface area contributed by atoms with Gasteiger partial charge in [-0.25, -0.2) is 4.98 Å². The molecule has 0 aliphatic heterocycles. The molecule has 2 heteroatoms. The van der Waals surface area contributed by atoms with E-state index in [1.807, 2.05) is 6.20 Å². The van der Waals surface area contributed by atoms with Gasteiger partial charge in [-0.2, -0.15) is 0 Å². The first-order chi connectivity index (χ1) is 13.1. The second kappa shape index (κ2) is 6.20. The normalized spacial score (nSPS) is 12.8. The molecule has 0 unspecified atom stereocenters. The van der Waals surface area contributed by atoms with E-state index >= 15 is 0 Å². The van der Waals surface area contributed by atoms with Crippen molar-refractivity contribution >= 4 is 32.3 Å². The highest BCUT2D eigenvalue weighted by atomic mass is 16.5. The molecule has 3 aromatic carbocycles. The van der Waals surface area contributed by atoms with E-state index in [4.69, 9.17) is 4.74 Å². The largest absolute Gasteiger partial charge is 0.481 e. The Bertz CT molecular complexity index is 1210. The molecule has 0 saturated heterocycles. The van der Waals surface area contributed by atoms with Gasteiger partial charge in [-0.15, -0.1) is 0 Å². The molecule has 0 radical (unpaired) electrons. The monoisotopic (exact) mass is 371 g/mol. The van der Waals surface area contributed by atoms with Crippen molar-refractivity contribution in [1.82, 2.24) is 4.98 Å². The summed E-state index contributed by atoms with van der Waals surface area (Å²) in [5, 5.41) is 7.31. The fraction of sp³-hybridized carbons (Fsp3) is 0.346. The lowest BCUT2D eigenvalue weighted by molar-refractivity contribution is 0.403. The summed E-state index contributed by atoms with van der Waals surface area (Å²) in [5.41, 5.74) is 2.89. The number of aromatic nitrogens is 1. The van der Waals surface area contributed by atoms with Crippen LogP contribution in [0.5, 0.6) is 5.88 Å². The summed E-state index contributed by atoms with van der Waals surface area (Å²) >= 11 is 0. The zero-order valence-corrected chi connectivity index (χ0v) is 18.0. The summed E-state index contributed by atoms with van der Waals surface area (Å²) in [6.45, 7) is 13.6. The molecule has 0 aliphatic rings. The predicted molar refractivity (Wildman–Crippen MR) is 121 cm³/mol. The summed E-state index contributed by atoms with van der Waals surface area (Å²) < 4.78 is 5.65. The smallest absolute Gasteiger partial charge is 0.221 e. The Hall–Kier alpha value is -2.61. The summed E-state index contributed by atoms with van der Waals surface area (Å²) in [6.07, 6.45) is 1.84. The van der Waals surface area contributed by atoms with Crippen molar-refractivity contribution in [2.45, 2.75) is 52.4 Å². The first-order valence-electron chi connectivity index (χ1n) is 9.94. The third kappa shape index (κ3) is 2.92. The van der Waals surface area contributed by atoms with Crippen LogP contribution in [0.1, 0.15) is 52.7 Å². The Labute approximate surface area is 167 Å². The highest BCUT2D eigenvalue weighted by molar-refractivity contribution is 6.26. The number of fused-ring (bicyclic) bond motifs is 6. The van der Waals surface area contributed by atoms with Gasteiger partial charge < -0.3 is 4.74 Å². The molecular weight excluding hydrogens is 342 g/mol. The number of methoxy groups -OCH3 is 1. The minimum atomic E-state index is 0.0934. The topological polar surface area (TPSA) is 22.1 Å². The number of ether oxygens (including phenoxy) is 1. The SMILES string of the molecule is COc1nccc2c3ccc(C(C)(C)C)cc3c3cc(C(C)(C)C)ccc3c12. The summed E-state index contributed by atoms with van der Waals surface area (Å²) in [4.78, 5) is 4.49. The maximum atomic E-state index is 5.65. The minimum absolute atomic E-state index is 0.0934. The first-order valence-corrected chi connectivity index (χ1v) is 9.94. The summed E-state index contributed by atoms with van der Waals surface area (Å²) in [5.74, 6) is 0.688. The predicted octanol–water partition coefficient (Wildman–Crippen LogP) is 7.14. The molecule has 4 rings (SSSR count). The van der Waals surface area contributed by atoms with Crippen molar-refractivity contribution in [2.75, 3.05) is 7.11 Å². The van der Waals surface area contributed by atoms with E-state index in [-0.39, 0.29) is 10.8 Å². The fourth-order valence-corrected chi connectivity index (χ4v) is 4.00. The maximum Gasteiger partial charge on any atom is 0.221 e. The lowest BCUT2D eigenvalue weighted by Crippen LogP contribution is -2.11. The Morgan fingerprint density at radius 1 is 0.643 bits per heavy atom. The van der Waals surface area contributed by atoms with Crippen LogP contribution in [0.15, 0.2) is 48.7 Å². The molecule has 2 nitrogen and oxygen atoms in total. The molecule has 0 spiro atoms. The van der Waals surface area contributed by atoms with Crippen molar-refractivity contribution < 1.29 is 4.74 Å². The van der Waals surface area contributed by atoms with Crippen molar-refractivity contribution in [2.24, 2.45) is 0 Å². The Balaban J connectivity index is 2.26. The van der Waals surface area contributed by atoms with E-state index in [9.17, 15) is 0 Å². The molecule has 0 atom stereocenters. The lowest BCUT2D eigenvalue weighted by atomic mass is 9.82.